The first-order chi connectivity index (χ1) is 6.61. The van der Waals surface area contributed by atoms with Crippen molar-refractivity contribution in [2.45, 2.75) is 19.8 Å². The Labute approximate surface area is 84.2 Å². The second-order valence-electron chi connectivity index (χ2n) is 3.44. The molecule has 1 nitrogen and oxygen atoms in total. The molecule has 0 radical (unpaired) electrons. The predicted octanol–water partition coefficient (Wildman–Crippen LogP) is 3.60. The van der Waals surface area contributed by atoms with Crippen molar-refractivity contribution in [3.8, 4) is 5.75 Å². The smallest absolute Gasteiger partial charge is 0.134 e. The molecular formula is C12H15FO. The molecule has 0 unspecified atom stereocenters. The lowest BCUT2D eigenvalue weighted by molar-refractivity contribution is 0.402. The summed E-state index contributed by atoms with van der Waals surface area (Å²) in [4.78, 5) is 0. The van der Waals surface area contributed by atoms with Crippen molar-refractivity contribution >= 4 is 6.08 Å². The fraction of sp³-hybridized carbons (Fsp3) is 0.333. The zero-order valence-corrected chi connectivity index (χ0v) is 8.80. The van der Waals surface area contributed by atoms with Gasteiger partial charge < -0.3 is 4.74 Å². The van der Waals surface area contributed by atoms with E-state index in [1.807, 2.05) is 13.8 Å². The summed E-state index contributed by atoms with van der Waals surface area (Å²) in [7, 11) is 1.55. The Morgan fingerprint density at radius 3 is 2.50 bits per heavy atom. The fourth-order valence-electron chi connectivity index (χ4n) is 1.47. The summed E-state index contributed by atoms with van der Waals surface area (Å²) in [5.74, 6) is 0.612. The van der Waals surface area contributed by atoms with Crippen LogP contribution in [0.15, 0.2) is 18.7 Å². The number of methoxy groups -OCH3 is 1. The van der Waals surface area contributed by atoms with Gasteiger partial charge in [-0.1, -0.05) is 32.6 Å². The van der Waals surface area contributed by atoms with Crippen LogP contribution in [0.1, 0.15) is 30.9 Å². The maximum Gasteiger partial charge on any atom is 0.134 e. The summed E-state index contributed by atoms with van der Waals surface area (Å²) in [6.45, 7) is 7.67. The third kappa shape index (κ3) is 1.79. The van der Waals surface area contributed by atoms with Crippen LogP contribution < -0.4 is 4.74 Å². The zero-order chi connectivity index (χ0) is 10.7. The van der Waals surface area contributed by atoms with Crippen molar-refractivity contribution in [1.29, 1.82) is 0 Å². The van der Waals surface area contributed by atoms with Crippen molar-refractivity contribution in [3.63, 3.8) is 0 Å². The first-order valence-electron chi connectivity index (χ1n) is 4.60. The topological polar surface area (TPSA) is 9.23 Å². The standard InChI is InChI=1S/C12H15FO/c1-5-9-11(13)7-6-10(8(2)3)12(9)14-4/h5-8H,1H2,2-4H3. The van der Waals surface area contributed by atoms with E-state index >= 15 is 0 Å². The predicted molar refractivity (Wildman–Crippen MR) is 57.1 cm³/mol. The van der Waals surface area contributed by atoms with Crippen LogP contribution in [0.5, 0.6) is 5.75 Å². The normalized spacial score (nSPS) is 10.4. The second kappa shape index (κ2) is 4.27. The lowest BCUT2D eigenvalue weighted by Crippen LogP contribution is -1.98. The van der Waals surface area contributed by atoms with Crippen molar-refractivity contribution in [3.05, 3.63) is 35.7 Å². The highest BCUT2D eigenvalue weighted by molar-refractivity contribution is 5.60. The van der Waals surface area contributed by atoms with Gasteiger partial charge in [-0.15, -0.1) is 0 Å². The minimum Gasteiger partial charge on any atom is -0.496 e. The van der Waals surface area contributed by atoms with Crippen LogP contribution >= 0.6 is 0 Å². The molecule has 0 N–H and O–H groups in total. The van der Waals surface area contributed by atoms with E-state index in [0.717, 1.165) is 5.56 Å². The minimum absolute atomic E-state index is 0.291. The van der Waals surface area contributed by atoms with E-state index in [0.29, 0.717) is 17.2 Å². The summed E-state index contributed by atoms with van der Waals surface area (Å²) < 4.78 is 18.5. The van der Waals surface area contributed by atoms with Gasteiger partial charge in [0.25, 0.3) is 0 Å². The Kier molecular flexibility index (Phi) is 3.28. The molecule has 1 aromatic carbocycles. The largest absolute Gasteiger partial charge is 0.496 e. The quantitative estimate of drug-likeness (QED) is 0.714. The summed E-state index contributed by atoms with van der Waals surface area (Å²) in [5.41, 5.74) is 1.45. The molecule has 0 aliphatic rings. The lowest BCUT2D eigenvalue weighted by Gasteiger charge is -2.14. The Morgan fingerprint density at radius 1 is 1.43 bits per heavy atom. The summed E-state index contributed by atoms with van der Waals surface area (Å²) in [5, 5.41) is 0. The van der Waals surface area contributed by atoms with Gasteiger partial charge in [0, 0.05) is 0 Å². The van der Waals surface area contributed by atoms with Crippen LogP contribution in [0, 0.1) is 5.82 Å². The van der Waals surface area contributed by atoms with E-state index in [1.165, 1.54) is 12.1 Å². The maximum atomic E-state index is 13.3. The number of halogens is 1. The molecule has 2 heteroatoms. The first-order valence-corrected chi connectivity index (χ1v) is 4.60. The van der Waals surface area contributed by atoms with Gasteiger partial charge in [0.2, 0.25) is 0 Å². The molecule has 76 valence electrons. The van der Waals surface area contributed by atoms with Crippen LogP contribution in [0.4, 0.5) is 4.39 Å². The minimum atomic E-state index is -0.291. The van der Waals surface area contributed by atoms with Crippen LogP contribution in [-0.4, -0.2) is 7.11 Å². The van der Waals surface area contributed by atoms with Crippen molar-refractivity contribution in [1.82, 2.24) is 0 Å². The molecule has 0 amide bonds. The van der Waals surface area contributed by atoms with Crippen molar-refractivity contribution in [2.24, 2.45) is 0 Å². The molecule has 0 aliphatic heterocycles. The van der Waals surface area contributed by atoms with Gasteiger partial charge in [0.1, 0.15) is 11.6 Å². The molecule has 0 aromatic heterocycles. The maximum absolute atomic E-state index is 13.3. The molecule has 14 heavy (non-hydrogen) atoms. The molecular weight excluding hydrogens is 179 g/mol. The average molecular weight is 194 g/mol. The molecule has 0 bridgehead atoms. The number of hydrogen-bond donors (Lipinski definition) is 0. The highest BCUT2D eigenvalue weighted by atomic mass is 19.1. The van der Waals surface area contributed by atoms with E-state index in [-0.39, 0.29) is 5.82 Å². The molecule has 0 saturated carbocycles. The highest BCUT2D eigenvalue weighted by Crippen LogP contribution is 2.32. The Morgan fingerprint density at radius 2 is 2.07 bits per heavy atom. The molecule has 0 atom stereocenters. The molecule has 0 fully saturated rings. The fourth-order valence-corrected chi connectivity index (χ4v) is 1.47. The average Bonchev–Trinajstić information content (AvgIpc) is 2.16. The van der Waals surface area contributed by atoms with Crippen LogP contribution in [0.25, 0.3) is 6.08 Å². The molecule has 0 saturated heterocycles. The lowest BCUT2D eigenvalue weighted by atomic mass is 9.98. The number of hydrogen-bond acceptors (Lipinski definition) is 1. The molecule has 1 aromatic rings. The molecule has 1 rings (SSSR count). The second-order valence-corrected chi connectivity index (χ2v) is 3.44. The molecule has 0 heterocycles. The number of benzene rings is 1. The van der Waals surface area contributed by atoms with Gasteiger partial charge in [0.15, 0.2) is 0 Å². The number of rotatable bonds is 3. The SMILES string of the molecule is C=Cc1c(F)ccc(C(C)C)c1OC. The van der Waals surface area contributed by atoms with Gasteiger partial charge in [-0.3, -0.25) is 0 Å². The summed E-state index contributed by atoms with van der Waals surface area (Å²) in [6, 6.07) is 3.21. The van der Waals surface area contributed by atoms with Gasteiger partial charge in [-0.2, -0.15) is 0 Å². The van der Waals surface area contributed by atoms with E-state index in [4.69, 9.17) is 4.74 Å². The van der Waals surface area contributed by atoms with Crippen LogP contribution in [0.2, 0.25) is 0 Å². The van der Waals surface area contributed by atoms with E-state index in [1.54, 1.807) is 13.2 Å². The third-order valence-electron chi connectivity index (χ3n) is 2.20. The van der Waals surface area contributed by atoms with Gasteiger partial charge >= 0.3 is 0 Å². The summed E-state index contributed by atoms with van der Waals surface area (Å²) in [6.07, 6.45) is 1.49. The Hall–Kier alpha value is -1.31. The van der Waals surface area contributed by atoms with Gasteiger partial charge in [-0.05, 0) is 17.5 Å². The van der Waals surface area contributed by atoms with Crippen LogP contribution in [0.3, 0.4) is 0 Å². The van der Waals surface area contributed by atoms with Crippen molar-refractivity contribution < 1.29 is 9.13 Å². The first kappa shape index (κ1) is 10.8. The Balaban J connectivity index is 3.40. The molecule has 0 aliphatic carbocycles. The van der Waals surface area contributed by atoms with E-state index < -0.39 is 0 Å². The van der Waals surface area contributed by atoms with Crippen molar-refractivity contribution in [2.75, 3.05) is 7.11 Å². The van der Waals surface area contributed by atoms with Gasteiger partial charge in [0.05, 0.1) is 12.7 Å². The number of ether oxygens (including phenoxy) is 1. The van der Waals surface area contributed by atoms with E-state index in [2.05, 4.69) is 6.58 Å². The van der Waals surface area contributed by atoms with Crippen LogP contribution in [-0.2, 0) is 0 Å². The monoisotopic (exact) mass is 194 g/mol. The van der Waals surface area contributed by atoms with E-state index in [9.17, 15) is 4.39 Å². The van der Waals surface area contributed by atoms with Gasteiger partial charge in [-0.25, -0.2) is 4.39 Å². The third-order valence-corrected chi connectivity index (χ3v) is 2.20. The zero-order valence-electron chi connectivity index (χ0n) is 8.80. The summed E-state index contributed by atoms with van der Waals surface area (Å²) >= 11 is 0. The highest BCUT2D eigenvalue weighted by Gasteiger charge is 2.13. The Bertz CT molecular complexity index is 342. The molecule has 0 spiro atoms.